The average molecular weight is 234 g/mol. The highest BCUT2D eigenvalue weighted by atomic mass is 19.1. The molecule has 0 saturated carbocycles. The Kier molecular flexibility index (Phi) is 2.98. The molecule has 0 radical (unpaired) electrons. The van der Waals surface area contributed by atoms with E-state index in [0.29, 0.717) is 16.8 Å². The summed E-state index contributed by atoms with van der Waals surface area (Å²) in [6.45, 7) is 3.55. The van der Waals surface area contributed by atoms with Crippen LogP contribution in [-0.2, 0) is 7.05 Å². The molecule has 2 rings (SSSR count). The van der Waals surface area contributed by atoms with E-state index in [9.17, 15) is 9.50 Å². The Hall–Kier alpha value is -1.68. The van der Waals surface area contributed by atoms with E-state index in [4.69, 9.17) is 0 Å². The highest BCUT2D eigenvalue weighted by Gasteiger charge is 2.15. The molecule has 0 fully saturated rings. The van der Waals surface area contributed by atoms with Gasteiger partial charge in [0.05, 0.1) is 11.4 Å². The summed E-state index contributed by atoms with van der Waals surface area (Å²) in [6.07, 6.45) is -0.777. The fourth-order valence-corrected chi connectivity index (χ4v) is 1.90. The van der Waals surface area contributed by atoms with Gasteiger partial charge in [-0.05, 0) is 37.1 Å². The first-order valence-electron chi connectivity index (χ1n) is 5.43. The number of aliphatic hydroxyl groups is 1. The van der Waals surface area contributed by atoms with Crippen LogP contribution < -0.4 is 0 Å². The zero-order valence-corrected chi connectivity index (χ0v) is 10.1. The van der Waals surface area contributed by atoms with Gasteiger partial charge in [0.1, 0.15) is 11.9 Å². The van der Waals surface area contributed by atoms with Crippen molar-refractivity contribution in [3.63, 3.8) is 0 Å². The van der Waals surface area contributed by atoms with Crippen LogP contribution in [0.15, 0.2) is 24.3 Å². The van der Waals surface area contributed by atoms with Crippen LogP contribution in [0, 0.1) is 19.7 Å². The fraction of sp³-hybridized carbons (Fsp3) is 0.308. The van der Waals surface area contributed by atoms with Crippen LogP contribution in [-0.4, -0.2) is 14.9 Å². The molecule has 17 heavy (non-hydrogen) atoms. The normalized spacial score (nSPS) is 12.8. The van der Waals surface area contributed by atoms with E-state index in [-0.39, 0.29) is 5.82 Å². The number of aromatic nitrogens is 2. The lowest BCUT2D eigenvalue weighted by Crippen LogP contribution is -2.07. The summed E-state index contributed by atoms with van der Waals surface area (Å²) < 4.78 is 14.8. The smallest absolute Gasteiger partial charge is 0.126 e. The summed E-state index contributed by atoms with van der Waals surface area (Å²) in [5.41, 5.74) is 2.75. The zero-order chi connectivity index (χ0) is 12.6. The molecule has 1 unspecified atom stereocenters. The van der Waals surface area contributed by atoms with E-state index in [1.807, 2.05) is 13.0 Å². The minimum Gasteiger partial charge on any atom is -0.382 e. The summed E-state index contributed by atoms with van der Waals surface area (Å²) in [4.78, 5) is 0. The molecular weight excluding hydrogens is 219 g/mol. The molecule has 0 saturated heterocycles. The average Bonchev–Trinajstić information content (AvgIpc) is 2.61. The van der Waals surface area contributed by atoms with Gasteiger partial charge >= 0.3 is 0 Å². The van der Waals surface area contributed by atoms with E-state index in [0.717, 1.165) is 5.69 Å². The molecule has 3 nitrogen and oxygen atoms in total. The van der Waals surface area contributed by atoms with E-state index in [1.54, 1.807) is 30.8 Å². The Morgan fingerprint density at radius 1 is 1.29 bits per heavy atom. The molecular formula is C13H15FN2O. The van der Waals surface area contributed by atoms with Crippen molar-refractivity contribution in [2.45, 2.75) is 20.0 Å². The molecule has 0 amide bonds. The molecule has 2 aromatic rings. The number of nitrogens with zero attached hydrogens (tertiary/aromatic N) is 2. The maximum absolute atomic E-state index is 13.1. The van der Waals surface area contributed by atoms with Crippen molar-refractivity contribution in [2.75, 3.05) is 0 Å². The van der Waals surface area contributed by atoms with Gasteiger partial charge in [-0.3, -0.25) is 4.68 Å². The Morgan fingerprint density at radius 3 is 2.53 bits per heavy atom. The second kappa shape index (κ2) is 4.30. The summed E-state index contributed by atoms with van der Waals surface area (Å²) in [5, 5.41) is 14.4. The zero-order valence-electron chi connectivity index (χ0n) is 10.1. The highest BCUT2D eigenvalue weighted by molar-refractivity contribution is 5.30. The molecule has 0 aliphatic rings. The maximum Gasteiger partial charge on any atom is 0.126 e. The predicted octanol–water partition coefficient (Wildman–Crippen LogP) is 2.26. The minimum atomic E-state index is -0.777. The molecule has 0 aliphatic heterocycles. The van der Waals surface area contributed by atoms with Crippen molar-refractivity contribution in [1.29, 1.82) is 0 Å². The van der Waals surface area contributed by atoms with Crippen LogP contribution in [0.5, 0.6) is 0 Å². The number of hydrogen-bond donors (Lipinski definition) is 1. The van der Waals surface area contributed by atoms with Crippen LogP contribution >= 0.6 is 0 Å². The molecule has 1 heterocycles. The maximum atomic E-state index is 13.1. The van der Waals surface area contributed by atoms with E-state index in [1.165, 1.54) is 6.07 Å². The van der Waals surface area contributed by atoms with Crippen LogP contribution in [0.2, 0.25) is 0 Å². The van der Waals surface area contributed by atoms with Gasteiger partial charge < -0.3 is 5.11 Å². The monoisotopic (exact) mass is 234 g/mol. The van der Waals surface area contributed by atoms with Gasteiger partial charge in [0.2, 0.25) is 0 Å². The molecule has 1 atom stereocenters. The second-order valence-electron chi connectivity index (χ2n) is 4.25. The second-order valence-corrected chi connectivity index (χ2v) is 4.25. The van der Waals surface area contributed by atoms with Gasteiger partial charge in [0, 0.05) is 7.05 Å². The third-order valence-corrected chi connectivity index (χ3v) is 2.82. The lowest BCUT2D eigenvalue weighted by atomic mass is 10.0. The van der Waals surface area contributed by atoms with Crippen molar-refractivity contribution < 1.29 is 9.50 Å². The van der Waals surface area contributed by atoms with E-state index < -0.39 is 6.10 Å². The number of benzene rings is 1. The number of aryl methyl sites for hydroxylation is 3. The lowest BCUT2D eigenvalue weighted by Gasteiger charge is -2.12. The molecule has 4 heteroatoms. The van der Waals surface area contributed by atoms with Gasteiger partial charge in [0.25, 0.3) is 0 Å². The van der Waals surface area contributed by atoms with Crippen LogP contribution in [0.3, 0.4) is 0 Å². The molecule has 90 valence electrons. The molecule has 1 aromatic carbocycles. The van der Waals surface area contributed by atoms with Crippen LogP contribution in [0.25, 0.3) is 0 Å². The first-order chi connectivity index (χ1) is 7.99. The highest BCUT2D eigenvalue weighted by Crippen LogP contribution is 2.23. The molecule has 0 bridgehead atoms. The molecule has 0 aliphatic carbocycles. The first-order valence-corrected chi connectivity index (χ1v) is 5.43. The van der Waals surface area contributed by atoms with Crippen molar-refractivity contribution in [3.8, 4) is 0 Å². The summed E-state index contributed by atoms with van der Waals surface area (Å²) in [5.74, 6) is -0.262. The summed E-state index contributed by atoms with van der Waals surface area (Å²) in [6, 6.07) is 6.44. The van der Waals surface area contributed by atoms with Crippen molar-refractivity contribution in [1.82, 2.24) is 9.78 Å². The van der Waals surface area contributed by atoms with Crippen molar-refractivity contribution in [2.24, 2.45) is 7.05 Å². The number of aliphatic hydroxyl groups excluding tert-OH is 1. The van der Waals surface area contributed by atoms with E-state index in [2.05, 4.69) is 5.10 Å². The third kappa shape index (κ3) is 2.22. The van der Waals surface area contributed by atoms with Crippen molar-refractivity contribution in [3.05, 3.63) is 52.6 Å². The molecule has 0 spiro atoms. The Balaban J connectivity index is 2.40. The standard InChI is InChI=1S/C13H15FN2O/c1-8-6-10(4-5-11(8)14)13(17)12-7-9(2)15-16(12)3/h4-7,13,17H,1-3H3. The van der Waals surface area contributed by atoms with Gasteiger partial charge in [0.15, 0.2) is 0 Å². The quantitative estimate of drug-likeness (QED) is 0.865. The fourth-order valence-electron chi connectivity index (χ4n) is 1.90. The number of hydrogen-bond acceptors (Lipinski definition) is 2. The molecule has 1 aromatic heterocycles. The minimum absolute atomic E-state index is 0.262. The molecule has 1 N–H and O–H groups in total. The Bertz CT molecular complexity index is 548. The first kappa shape index (κ1) is 11.8. The summed E-state index contributed by atoms with van der Waals surface area (Å²) >= 11 is 0. The third-order valence-electron chi connectivity index (χ3n) is 2.82. The Morgan fingerprint density at radius 2 is 2.00 bits per heavy atom. The van der Waals surface area contributed by atoms with Crippen LogP contribution in [0.4, 0.5) is 4.39 Å². The summed E-state index contributed by atoms with van der Waals surface area (Å²) in [7, 11) is 1.78. The predicted molar refractivity (Wildman–Crippen MR) is 63.1 cm³/mol. The van der Waals surface area contributed by atoms with Crippen LogP contribution in [0.1, 0.15) is 28.6 Å². The topological polar surface area (TPSA) is 38.0 Å². The number of rotatable bonds is 2. The SMILES string of the molecule is Cc1cc(C(O)c2ccc(F)c(C)c2)n(C)n1. The van der Waals surface area contributed by atoms with Gasteiger partial charge in [-0.2, -0.15) is 5.10 Å². The number of halogens is 1. The van der Waals surface area contributed by atoms with Gasteiger partial charge in [-0.25, -0.2) is 4.39 Å². The largest absolute Gasteiger partial charge is 0.382 e. The Labute approximate surface area is 99.5 Å². The van der Waals surface area contributed by atoms with Crippen molar-refractivity contribution >= 4 is 0 Å². The lowest BCUT2D eigenvalue weighted by molar-refractivity contribution is 0.209. The van der Waals surface area contributed by atoms with Gasteiger partial charge in [-0.1, -0.05) is 12.1 Å². The van der Waals surface area contributed by atoms with Gasteiger partial charge in [-0.15, -0.1) is 0 Å². The van der Waals surface area contributed by atoms with E-state index >= 15 is 0 Å².